The first-order valence-corrected chi connectivity index (χ1v) is 9.58. The Bertz CT molecular complexity index is 1170. The van der Waals surface area contributed by atoms with Gasteiger partial charge in [0.05, 0.1) is 34.6 Å². The van der Waals surface area contributed by atoms with Crippen LogP contribution in [0.25, 0.3) is 22.5 Å². The van der Waals surface area contributed by atoms with Gasteiger partial charge in [-0.05, 0) is 39.0 Å². The highest BCUT2D eigenvalue weighted by atomic mass is 16.5. The molecule has 0 fully saturated rings. The first-order chi connectivity index (χ1) is 14.0. The molecule has 29 heavy (non-hydrogen) atoms. The van der Waals surface area contributed by atoms with E-state index in [4.69, 9.17) is 4.52 Å². The van der Waals surface area contributed by atoms with Gasteiger partial charge in [0.1, 0.15) is 5.69 Å². The number of fused-ring (bicyclic) bond motifs is 1. The maximum atomic E-state index is 13.4. The van der Waals surface area contributed by atoms with Crippen molar-refractivity contribution in [1.29, 1.82) is 0 Å². The minimum absolute atomic E-state index is 0.135. The molecule has 150 valence electrons. The Labute approximate surface area is 167 Å². The highest BCUT2D eigenvalue weighted by Gasteiger charge is 2.23. The molecule has 9 heteroatoms. The molecule has 4 aromatic rings. The number of rotatable bonds is 6. The molecule has 0 aliphatic carbocycles. The molecule has 9 nitrogen and oxygen atoms in total. The Kier molecular flexibility index (Phi) is 4.87. The van der Waals surface area contributed by atoms with Gasteiger partial charge < -0.3 is 9.42 Å². The number of hydrogen-bond acceptors (Lipinski definition) is 6. The lowest BCUT2D eigenvalue weighted by molar-refractivity contribution is 0.0783. The first kappa shape index (κ1) is 18.9. The summed E-state index contributed by atoms with van der Waals surface area (Å²) in [5.41, 5.74) is 3.70. The van der Waals surface area contributed by atoms with Gasteiger partial charge in [-0.25, -0.2) is 4.98 Å². The molecule has 0 spiro atoms. The lowest BCUT2D eigenvalue weighted by Gasteiger charge is -2.18. The van der Waals surface area contributed by atoms with E-state index in [1.54, 1.807) is 24.2 Å². The third kappa shape index (κ3) is 3.39. The van der Waals surface area contributed by atoms with Crippen molar-refractivity contribution >= 4 is 17.0 Å². The van der Waals surface area contributed by atoms with Crippen LogP contribution in [0.2, 0.25) is 0 Å². The molecule has 0 unspecified atom stereocenters. The molecule has 0 bridgehead atoms. The van der Waals surface area contributed by atoms with Crippen LogP contribution in [0, 0.1) is 6.92 Å². The van der Waals surface area contributed by atoms with Gasteiger partial charge in [0, 0.05) is 32.5 Å². The zero-order chi connectivity index (χ0) is 20.5. The van der Waals surface area contributed by atoms with E-state index >= 15 is 0 Å². The second kappa shape index (κ2) is 7.50. The number of aryl methyl sites for hydroxylation is 3. The minimum atomic E-state index is -0.135. The van der Waals surface area contributed by atoms with Gasteiger partial charge in [-0.1, -0.05) is 5.16 Å². The molecule has 4 aromatic heterocycles. The van der Waals surface area contributed by atoms with E-state index < -0.39 is 0 Å². The van der Waals surface area contributed by atoms with Crippen LogP contribution in [0.4, 0.5) is 0 Å². The fraction of sp³-hybridized carbons (Fsp3) is 0.350. The summed E-state index contributed by atoms with van der Waals surface area (Å²) in [5.74, 6) is -0.135. The van der Waals surface area contributed by atoms with Crippen molar-refractivity contribution < 1.29 is 9.32 Å². The van der Waals surface area contributed by atoms with Gasteiger partial charge in [-0.2, -0.15) is 10.2 Å². The van der Waals surface area contributed by atoms with Gasteiger partial charge in [-0.15, -0.1) is 0 Å². The SMILES string of the molecule is CCn1ccc(-c2cc(C(=O)N(C)Cc3ccnn3CC)c3c(C)noc3n2)n1. The molecule has 1 amide bonds. The van der Waals surface area contributed by atoms with Crippen LogP contribution in [0.1, 0.15) is 35.6 Å². The van der Waals surface area contributed by atoms with E-state index in [-0.39, 0.29) is 5.91 Å². The zero-order valence-electron chi connectivity index (χ0n) is 17.0. The van der Waals surface area contributed by atoms with Crippen LogP contribution in [-0.4, -0.2) is 47.6 Å². The lowest BCUT2D eigenvalue weighted by atomic mass is 10.1. The summed E-state index contributed by atoms with van der Waals surface area (Å²) in [5, 5.41) is 13.4. The predicted molar refractivity (Wildman–Crippen MR) is 107 cm³/mol. The Hall–Kier alpha value is -3.49. The molecule has 0 aromatic carbocycles. The summed E-state index contributed by atoms with van der Waals surface area (Å²) in [7, 11) is 1.77. The molecular weight excluding hydrogens is 370 g/mol. The average Bonchev–Trinajstić information content (AvgIpc) is 3.46. The number of nitrogens with zero attached hydrogens (tertiary/aromatic N) is 7. The van der Waals surface area contributed by atoms with E-state index in [2.05, 4.69) is 20.3 Å². The smallest absolute Gasteiger partial charge is 0.259 e. The van der Waals surface area contributed by atoms with E-state index in [1.807, 2.05) is 48.5 Å². The maximum Gasteiger partial charge on any atom is 0.259 e. The van der Waals surface area contributed by atoms with Crippen LogP contribution < -0.4 is 0 Å². The molecule has 0 atom stereocenters. The number of amides is 1. The first-order valence-electron chi connectivity index (χ1n) is 9.58. The number of carbonyl (C=O) groups is 1. The quantitative estimate of drug-likeness (QED) is 0.500. The van der Waals surface area contributed by atoms with Crippen molar-refractivity contribution in [3.63, 3.8) is 0 Å². The predicted octanol–water partition coefficient (Wildman–Crippen LogP) is 2.90. The number of carbonyl (C=O) groups excluding carboxylic acids is 1. The van der Waals surface area contributed by atoms with Crippen molar-refractivity contribution in [2.75, 3.05) is 7.05 Å². The molecule has 0 N–H and O–H groups in total. The second-order valence-corrected chi connectivity index (χ2v) is 6.86. The maximum absolute atomic E-state index is 13.4. The van der Waals surface area contributed by atoms with Crippen LogP contribution in [-0.2, 0) is 19.6 Å². The van der Waals surface area contributed by atoms with E-state index in [0.29, 0.717) is 40.3 Å². The zero-order valence-corrected chi connectivity index (χ0v) is 17.0. The van der Waals surface area contributed by atoms with Gasteiger partial charge in [-0.3, -0.25) is 14.2 Å². The van der Waals surface area contributed by atoms with Gasteiger partial charge in [0.25, 0.3) is 11.6 Å². The molecule has 0 saturated carbocycles. The summed E-state index contributed by atoms with van der Waals surface area (Å²) in [4.78, 5) is 19.5. The molecule has 4 heterocycles. The highest BCUT2D eigenvalue weighted by molar-refractivity contribution is 6.06. The summed E-state index contributed by atoms with van der Waals surface area (Å²) >= 11 is 0. The van der Waals surface area contributed by atoms with E-state index in [9.17, 15) is 4.79 Å². The third-order valence-corrected chi connectivity index (χ3v) is 4.92. The van der Waals surface area contributed by atoms with E-state index in [0.717, 1.165) is 18.8 Å². The van der Waals surface area contributed by atoms with Crippen LogP contribution in [0.5, 0.6) is 0 Å². The van der Waals surface area contributed by atoms with Crippen LogP contribution >= 0.6 is 0 Å². The third-order valence-electron chi connectivity index (χ3n) is 4.92. The normalized spacial score (nSPS) is 11.3. The monoisotopic (exact) mass is 393 g/mol. The Morgan fingerprint density at radius 2 is 2.03 bits per heavy atom. The van der Waals surface area contributed by atoms with Crippen molar-refractivity contribution in [2.45, 2.75) is 40.4 Å². The summed E-state index contributed by atoms with van der Waals surface area (Å²) in [6.07, 6.45) is 3.63. The molecule has 0 saturated heterocycles. The Morgan fingerprint density at radius 1 is 1.21 bits per heavy atom. The van der Waals surface area contributed by atoms with Crippen molar-refractivity contribution in [3.8, 4) is 11.4 Å². The van der Waals surface area contributed by atoms with Crippen molar-refractivity contribution in [3.05, 3.63) is 47.5 Å². The summed E-state index contributed by atoms with van der Waals surface area (Å²) < 4.78 is 9.06. The Morgan fingerprint density at radius 3 is 2.76 bits per heavy atom. The van der Waals surface area contributed by atoms with Gasteiger partial charge in [0.15, 0.2) is 0 Å². The molecule has 0 radical (unpaired) electrons. The number of hydrogen-bond donors (Lipinski definition) is 0. The van der Waals surface area contributed by atoms with E-state index in [1.165, 1.54) is 0 Å². The summed E-state index contributed by atoms with van der Waals surface area (Å²) in [6.45, 7) is 7.79. The Balaban J connectivity index is 1.74. The molecule has 0 aliphatic heterocycles. The van der Waals surface area contributed by atoms with Crippen LogP contribution in [0.15, 0.2) is 35.1 Å². The highest BCUT2D eigenvalue weighted by Crippen LogP contribution is 2.27. The molecular formula is C20H23N7O2. The lowest BCUT2D eigenvalue weighted by Crippen LogP contribution is -2.27. The standard InChI is InChI=1S/C20H23N7O2/c1-5-26-10-8-16(23-26)17-11-15(18-13(3)24-29-19(18)22-17)20(28)25(4)12-14-7-9-21-27(14)6-2/h7-11H,5-6,12H2,1-4H3. The minimum Gasteiger partial charge on any atom is -0.336 e. The fourth-order valence-electron chi connectivity index (χ4n) is 3.37. The van der Waals surface area contributed by atoms with Crippen molar-refractivity contribution in [1.82, 2.24) is 34.6 Å². The number of pyridine rings is 1. The largest absolute Gasteiger partial charge is 0.336 e. The molecule has 4 rings (SSSR count). The van der Waals surface area contributed by atoms with Crippen LogP contribution in [0.3, 0.4) is 0 Å². The fourth-order valence-corrected chi connectivity index (χ4v) is 3.37. The summed E-state index contributed by atoms with van der Waals surface area (Å²) in [6, 6.07) is 5.56. The average molecular weight is 393 g/mol. The molecule has 0 aliphatic rings. The number of aromatic nitrogens is 6. The van der Waals surface area contributed by atoms with Gasteiger partial charge in [0.2, 0.25) is 0 Å². The topological polar surface area (TPSA) is 94.9 Å². The second-order valence-electron chi connectivity index (χ2n) is 6.86. The van der Waals surface area contributed by atoms with Crippen molar-refractivity contribution in [2.24, 2.45) is 0 Å². The van der Waals surface area contributed by atoms with Gasteiger partial charge >= 0.3 is 0 Å².